The van der Waals surface area contributed by atoms with Gasteiger partial charge in [0.25, 0.3) is 0 Å². The maximum atomic E-state index is 7.20. The lowest BCUT2D eigenvalue weighted by molar-refractivity contribution is -0.334. The second kappa shape index (κ2) is 10.5. The number of hydrogen-bond donors (Lipinski definition) is 0. The zero-order valence-electron chi connectivity index (χ0n) is 24.0. The molecule has 0 aliphatic carbocycles. The van der Waals surface area contributed by atoms with E-state index in [9.17, 15) is 0 Å². The van der Waals surface area contributed by atoms with E-state index in [0.717, 1.165) is 32.1 Å². The molecule has 0 aromatic rings. The van der Waals surface area contributed by atoms with Crippen LogP contribution < -0.4 is 0 Å². The standard InChI is InChI=1S/C27H54O5Si2/c1-19(2)34(20(3)4)29-18-25-22(6)13-15-27(31-25)14-12-21(5)24(30-27)16-23(32-34)17-28-33(10,11)26(7,8)9/h19-25H,12-18H2,1-11H3/t21?,22-,23-,24+,25?,27?/m0/s1. The molecule has 0 N–H and O–H groups in total. The third-order valence-corrected chi connectivity index (χ3v) is 18.4. The maximum absolute atomic E-state index is 7.20. The maximum Gasteiger partial charge on any atom is 0.343 e. The first-order valence-electron chi connectivity index (χ1n) is 13.9. The summed E-state index contributed by atoms with van der Waals surface area (Å²) in [7, 11) is -4.46. The van der Waals surface area contributed by atoms with E-state index in [1.165, 1.54) is 0 Å². The van der Waals surface area contributed by atoms with Crippen molar-refractivity contribution in [2.24, 2.45) is 11.8 Å². The van der Waals surface area contributed by atoms with Crippen LogP contribution in [0.4, 0.5) is 0 Å². The fourth-order valence-corrected chi connectivity index (χ4v) is 10.4. The average molecular weight is 515 g/mol. The van der Waals surface area contributed by atoms with Gasteiger partial charge < -0.3 is 22.8 Å². The van der Waals surface area contributed by atoms with Crippen LogP contribution in [-0.2, 0) is 22.8 Å². The number of hydrogen-bond acceptors (Lipinski definition) is 5. The second-order valence-electron chi connectivity index (χ2n) is 13.6. The lowest BCUT2D eigenvalue weighted by atomic mass is 9.83. The minimum absolute atomic E-state index is 0.0245. The van der Waals surface area contributed by atoms with E-state index < -0.39 is 22.7 Å². The number of rotatable bonds is 5. The Balaban J connectivity index is 1.96. The molecule has 5 nitrogen and oxygen atoms in total. The summed E-state index contributed by atoms with van der Waals surface area (Å²) >= 11 is 0. The van der Waals surface area contributed by atoms with Gasteiger partial charge in [0.2, 0.25) is 0 Å². The Morgan fingerprint density at radius 1 is 0.941 bits per heavy atom. The molecule has 34 heavy (non-hydrogen) atoms. The third kappa shape index (κ3) is 6.03. The summed E-state index contributed by atoms with van der Waals surface area (Å²) in [6.45, 7) is 26.5. The molecule has 3 bridgehead atoms. The summed E-state index contributed by atoms with van der Waals surface area (Å²) in [6.07, 6.45) is 5.25. The van der Waals surface area contributed by atoms with E-state index in [0.29, 0.717) is 36.1 Å². The lowest BCUT2D eigenvalue weighted by Crippen LogP contribution is -2.54. The van der Waals surface area contributed by atoms with E-state index in [-0.39, 0.29) is 23.4 Å². The molecule has 0 saturated carbocycles. The SMILES string of the molecule is CC1CCC23CC[C@H](C)C(CO[Si](C(C)C)(C(C)C)O[C@H](CO[Si](C)(C)C(C)(C)C)C[C@H]1O2)O3. The molecule has 6 atom stereocenters. The molecule has 3 fully saturated rings. The smallest absolute Gasteiger partial charge is 0.343 e. The molecule has 0 amide bonds. The molecule has 7 heteroatoms. The highest BCUT2D eigenvalue weighted by atomic mass is 28.4. The fraction of sp³-hybridized carbons (Fsp3) is 1.00. The summed E-state index contributed by atoms with van der Waals surface area (Å²) in [5.41, 5.74) is 0.684. The van der Waals surface area contributed by atoms with Crippen molar-refractivity contribution in [2.75, 3.05) is 13.2 Å². The van der Waals surface area contributed by atoms with Crippen LogP contribution in [0.3, 0.4) is 0 Å². The van der Waals surface area contributed by atoms with Crippen LogP contribution in [0, 0.1) is 11.8 Å². The van der Waals surface area contributed by atoms with E-state index in [2.05, 4.69) is 75.4 Å². The largest absolute Gasteiger partial charge is 0.414 e. The molecule has 3 aliphatic heterocycles. The minimum Gasteiger partial charge on any atom is -0.414 e. The first-order valence-corrected chi connectivity index (χ1v) is 18.8. The van der Waals surface area contributed by atoms with E-state index in [1.54, 1.807) is 0 Å². The Morgan fingerprint density at radius 2 is 1.47 bits per heavy atom. The van der Waals surface area contributed by atoms with Gasteiger partial charge in [0, 0.05) is 19.3 Å². The summed E-state index contributed by atoms with van der Waals surface area (Å²) in [6, 6.07) is 0. The number of ether oxygens (including phenoxy) is 2. The van der Waals surface area contributed by atoms with Gasteiger partial charge in [0.15, 0.2) is 14.1 Å². The first-order chi connectivity index (χ1) is 15.6. The van der Waals surface area contributed by atoms with Crippen LogP contribution in [0.15, 0.2) is 0 Å². The molecular formula is C27H54O5Si2. The second-order valence-corrected chi connectivity index (χ2v) is 22.7. The van der Waals surface area contributed by atoms with Gasteiger partial charge in [-0.25, -0.2) is 0 Å². The predicted octanol–water partition coefficient (Wildman–Crippen LogP) is 7.40. The van der Waals surface area contributed by atoms with E-state index in [1.807, 2.05) is 0 Å². The van der Waals surface area contributed by atoms with E-state index >= 15 is 0 Å². The Kier molecular flexibility index (Phi) is 8.93. The topological polar surface area (TPSA) is 46.2 Å². The molecule has 3 heterocycles. The zero-order valence-corrected chi connectivity index (χ0v) is 26.0. The van der Waals surface area contributed by atoms with Crippen LogP contribution in [0.25, 0.3) is 0 Å². The summed E-state index contributed by atoms with van der Waals surface area (Å²) in [5, 5.41) is 0.168. The minimum atomic E-state index is -2.56. The molecule has 0 radical (unpaired) electrons. The van der Waals surface area contributed by atoms with Crippen molar-refractivity contribution < 1.29 is 22.8 Å². The van der Waals surface area contributed by atoms with Crippen molar-refractivity contribution in [3.05, 3.63) is 0 Å². The molecule has 3 saturated heterocycles. The Bertz CT molecular complexity index is 664. The summed E-state index contributed by atoms with van der Waals surface area (Å²) in [4.78, 5) is 0. The average Bonchev–Trinajstić information content (AvgIpc) is 2.74. The Labute approximate surface area is 212 Å². The highest BCUT2D eigenvalue weighted by Gasteiger charge is 2.52. The van der Waals surface area contributed by atoms with Crippen molar-refractivity contribution in [1.29, 1.82) is 0 Å². The molecule has 3 unspecified atom stereocenters. The van der Waals surface area contributed by atoms with Crippen LogP contribution in [0.1, 0.15) is 94.4 Å². The fourth-order valence-electron chi connectivity index (χ4n) is 5.62. The van der Waals surface area contributed by atoms with Crippen LogP contribution in [0.2, 0.25) is 29.2 Å². The molecule has 200 valence electrons. The van der Waals surface area contributed by atoms with Gasteiger partial charge in [-0.1, -0.05) is 62.3 Å². The quantitative estimate of drug-likeness (QED) is 0.358. The monoisotopic (exact) mass is 514 g/mol. The highest BCUT2D eigenvalue weighted by Crippen LogP contribution is 2.46. The van der Waals surface area contributed by atoms with Gasteiger partial charge in [0.05, 0.1) is 31.5 Å². The van der Waals surface area contributed by atoms with Crippen LogP contribution in [0.5, 0.6) is 0 Å². The van der Waals surface area contributed by atoms with Gasteiger partial charge >= 0.3 is 8.56 Å². The van der Waals surface area contributed by atoms with Gasteiger partial charge in [-0.15, -0.1) is 0 Å². The Morgan fingerprint density at radius 3 is 2.00 bits per heavy atom. The molecule has 0 aromatic heterocycles. The molecule has 3 rings (SSSR count). The summed E-state index contributed by atoms with van der Waals surface area (Å²) in [5.74, 6) is 0.505. The van der Waals surface area contributed by atoms with Gasteiger partial charge in [0.1, 0.15) is 0 Å². The number of fused-ring (bicyclic) bond motifs is 2. The normalized spacial score (nSPS) is 37.5. The molecular weight excluding hydrogens is 460 g/mol. The molecule has 3 aliphatic rings. The molecule has 0 aromatic carbocycles. The Hall–Kier alpha value is 0.234. The van der Waals surface area contributed by atoms with Gasteiger partial charge in [-0.3, -0.25) is 0 Å². The van der Waals surface area contributed by atoms with Crippen molar-refractivity contribution in [1.82, 2.24) is 0 Å². The highest BCUT2D eigenvalue weighted by molar-refractivity contribution is 6.74. The van der Waals surface area contributed by atoms with Crippen LogP contribution in [-0.4, -0.2) is 54.2 Å². The van der Waals surface area contributed by atoms with Crippen molar-refractivity contribution in [3.63, 3.8) is 0 Å². The lowest BCUT2D eigenvalue weighted by Gasteiger charge is -2.49. The van der Waals surface area contributed by atoms with Crippen LogP contribution >= 0.6 is 0 Å². The molecule has 1 spiro atoms. The third-order valence-electron chi connectivity index (χ3n) is 9.33. The van der Waals surface area contributed by atoms with Gasteiger partial charge in [-0.2, -0.15) is 0 Å². The van der Waals surface area contributed by atoms with Crippen molar-refractivity contribution in [2.45, 2.75) is 148 Å². The van der Waals surface area contributed by atoms with Crippen molar-refractivity contribution in [3.8, 4) is 0 Å². The summed E-state index contributed by atoms with van der Waals surface area (Å²) < 4.78 is 34.5. The predicted molar refractivity (Wildman–Crippen MR) is 144 cm³/mol. The first kappa shape index (κ1) is 28.8. The van der Waals surface area contributed by atoms with Crippen molar-refractivity contribution >= 4 is 16.9 Å². The van der Waals surface area contributed by atoms with Gasteiger partial charge in [-0.05, 0) is 53.9 Å². The van der Waals surface area contributed by atoms with E-state index in [4.69, 9.17) is 22.8 Å². The zero-order chi connectivity index (χ0) is 25.5.